The topological polar surface area (TPSA) is 457 Å². The number of likely N-dealkylation sites (N-methyl/N-ethyl adjacent to an activating group) is 2. The van der Waals surface area contributed by atoms with E-state index in [0.717, 1.165) is 21.5 Å². The lowest BCUT2D eigenvalue weighted by Gasteiger charge is -2.36. The second kappa shape index (κ2) is 38.0. The molecule has 632 valence electrons. The SMILES string of the molecule is CNC(C)C(=O)NC(C(=O)N1CC2CC1C(=O)NC(Cc1ccc3ccccc3c1)C(=O)NC(C(=O)O)Cc1ccc(cc1)OCc1cn(nn1)C1CC(C(=O)NC(Cc3ccc4ccccc4c3)C(=O)NC(C(=O)NS(=O)(=O)CCCC(=O)O)Cc3ccc(cc3)OCc3cn2nn3)N(C(=O)C(NC(=O)C(C)NC)C(C)(C)C)C1)C(C)(C)C. The van der Waals surface area contributed by atoms with Crippen LogP contribution in [0.15, 0.2) is 146 Å². The molecule has 2 aromatic heterocycles. The average Bonchev–Trinajstić information content (AvgIpc) is 1.74. The molecular weight excluding hydrogens is 1550 g/mol. The predicted octanol–water partition coefficient (Wildman–Crippen LogP) is 3.51. The lowest BCUT2D eigenvalue weighted by atomic mass is 9.85. The molecule has 14 rings (SSSR count). The van der Waals surface area contributed by atoms with Gasteiger partial charge >= 0.3 is 11.9 Å². The summed E-state index contributed by atoms with van der Waals surface area (Å²) in [6.07, 6.45) is 1.10. The summed E-state index contributed by atoms with van der Waals surface area (Å²) in [5.41, 5.74) is 0.701. The minimum Gasteiger partial charge on any atom is -0.487 e. The third-order valence-corrected chi connectivity index (χ3v) is 23.0. The first kappa shape index (κ1) is 87.6. The highest BCUT2D eigenvalue weighted by Crippen LogP contribution is 2.35. The Kier molecular flexibility index (Phi) is 28.0. The summed E-state index contributed by atoms with van der Waals surface area (Å²) >= 11 is 0. The Hall–Kier alpha value is -12.2. The molecule has 6 aliphatic heterocycles. The summed E-state index contributed by atoms with van der Waals surface area (Å²) in [4.78, 5) is 161. The van der Waals surface area contributed by atoms with Crippen LogP contribution < -0.4 is 56.7 Å². The Morgan fingerprint density at radius 3 is 1.34 bits per heavy atom. The van der Waals surface area contributed by atoms with Gasteiger partial charge in [0.05, 0.1) is 42.3 Å². The zero-order valence-corrected chi connectivity index (χ0v) is 68.8. The molecule has 9 amide bonds. The number of carbonyl (C=O) groups excluding carboxylic acids is 9. The van der Waals surface area contributed by atoms with E-state index in [-0.39, 0.29) is 82.7 Å². The van der Waals surface area contributed by atoms with E-state index in [0.29, 0.717) is 33.7 Å². The van der Waals surface area contributed by atoms with Crippen LogP contribution in [-0.4, -0.2) is 217 Å². The van der Waals surface area contributed by atoms with Crippen molar-refractivity contribution in [2.75, 3.05) is 32.9 Å². The van der Waals surface area contributed by atoms with Crippen LogP contribution in [0.3, 0.4) is 0 Å². The standard InChI is InChI=1S/C84H103N17O17S/c1-48(85-9)73(104)91-71(83(3,4)5)80(111)98-44-60-40-68(98)78(109)88-64(38-52-21-27-54-16-11-13-18-56(54)34-52)75(106)87-66(77(108)95-119(115,116)33-15-20-70(102)103)36-50-23-29-62(30-24-50)117-46-58-42-101(96-93-58)61-41-69(99(45-61)81(112)72(84(6,7)8)92-74(105)49(2)86-10)79(110)89-65(39-53-22-28-55-17-12-14-19-57(55)35-53)76(107)90-67(82(113)114)37-51-25-31-63(32-26-51)118-47-59-43-100(60)97-94-59/h11-14,16-19,21-32,34-35,42-43,48-49,60-61,64-69,71-72,85-86H,15,20,33,36-41,44-47H2,1-10H3,(H,87,106)(H,88,109)(H,89,110)(H,90,107)(H,91,104)(H,92,105)(H,95,108)(H,102,103)(H,113,114). The van der Waals surface area contributed by atoms with E-state index in [1.165, 1.54) is 19.2 Å². The highest BCUT2D eigenvalue weighted by atomic mass is 32.2. The predicted molar refractivity (Wildman–Crippen MR) is 437 cm³/mol. The second-order valence-electron chi connectivity index (χ2n) is 32.7. The number of ether oxygens (including phenoxy) is 2. The molecule has 0 spiro atoms. The molecule has 11 N–H and O–H groups in total. The van der Waals surface area contributed by atoms with Crippen molar-refractivity contribution in [3.8, 4) is 11.5 Å². The molecule has 12 unspecified atom stereocenters. The molecule has 0 radical (unpaired) electrons. The Bertz CT molecular complexity index is 5180. The van der Waals surface area contributed by atoms with Crippen LogP contribution in [0, 0.1) is 10.8 Å². The van der Waals surface area contributed by atoms with Gasteiger partial charge in [-0.25, -0.2) is 22.6 Å². The number of carboxylic acids is 2. The van der Waals surface area contributed by atoms with E-state index >= 15 is 24.0 Å². The van der Waals surface area contributed by atoms with Crippen LogP contribution in [0.2, 0.25) is 0 Å². The fraction of sp³-hybridized carbons (Fsp3) is 0.440. The van der Waals surface area contributed by atoms with E-state index in [1.807, 2.05) is 77.5 Å². The van der Waals surface area contributed by atoms with Crippen molar-refractivity contribution in [2.45, 2.75) is 192 Å². The number of aliphatic carboxylic acids is 2. The average molecular weight is 1650 g/mol. The smallest absolute Gasteiger partial charge is 0.326 e. The minimum absolute atomic E-state index is 0.0848. The van der Waals surface area contributed by atoms with Crippen molar-refractivity contribution < 1.29 is 80.8 Å². The van der Waals surface area contributed by atoms with Crippen molar-refractivity contribution in [2.24, 2.45) is 10.8 Å². The molecule has 0 aliphatic carbocycles. The van der Waals surface area contributed by atoms with E-state index in [9.17, 15) is 47.4 Å². The van der Waals surface area contributed by atoms with E-state index < -0.39 is 171 Å². The molecule has 6 aliphatic rings. The van der Waals surface area contributed by atoms with Crippen LogP contribution >= 0.6 is 0 Å². The van der Waals surface area contributed by atoms with Crippen LogP contribution in [0.1, 0.15) is 127 Å². The first-order chi connectivity index (χ1) is 56.5. The van der Waals surface area contributed by atoms with E-state index in [1.54, 1.807) is 143 Å². The Morgan fingerprint density at radius 2 is 0.941 bits per heavy atom. The van der Waals surface area contributed by atoms with Crippen molar-refractivity contribution in [1.82, 2.24) is 87.0 Å². The molecule has 8 heterocycles. The number of fused-ring (bicyclic) bond motifs is 2. The van der Waals surface area contributed by atoms with Crippen molar-refractivity contribution in [1.29, 1.82) is 0 Å². The van der Waals surface area contributed by atoms with Crippen molar-refractivity contribution in [3.05, 3.63) is 179 Å². The third kappa shape index (κ3) is 22.7. The van der Waals surface area contributed by atoms with Crippen LogP contribution in [0.25, 0.3) is 21.5 Å². The van der Waals surface area contributed by atoms with Gasteiger partial charge in [0.1, 0.15) is 84.4 Å². The van der Waals surface area contributed by atoms with Gasteiger partial charge in [0.15, 0.2) is 0 Å². The Balaban J connectivity index is 0.954. The maximum atomic E-state index is 15.5. The number of nitrogens with zero attached hydrogens (tertiary/aromatic N) is 8. The van der Waals surface area contributed by atoms with Gasteiger partial charge in [-0.15, -0.1) is 10.2 Å². The van der Waals surface area contributed by atoms with Gasteiger partial charge in [0.2, 0.25) is 57.3 Å². The van der Waals surface area contributed by atoms with E-state index in [4.69, 9.17) is 9.47 Å². The monoisotopic (exact) mass is 1650 g/mol. The number of benzene rings is 6. The zero-order chi connectivity index (χ0) is 85.8. The molecular formula is C84H103N17O17S. The molecule has 12 atom stereocenters. The molecule has 35 heteroatoms. The molecule has 34 nitrogen and oxygen atoms in total. The van der Waals surface area contributed by atoms with Gasteiger partial charge in [-0.1, -0.05) is 161 Å². The molecule has 2 fully saturated rings. The number of hydrogen-bond acceptors (Lipinski definition) is 21. The number of carboxylic acid groups (broad SMARTS) is 2. The number of likely N-dealkylation sites (tertiary alicyclic amines) is 2. The number of carbonyl (C=O) groups is 11. The maximum Gasteiger partial charge on any atom is 0.326 e. The number of amides is 9. The summed E-state index contributed by atoms with van der Waals surface area (Å²) in [6.45, 7) is 13.1. The number of sulfonamides is 1. The van der Waals surface area contributed by atoms with Crippen LogP contribution in [0.4, 0.5) is 0 Å². The number of nitrogens with one attached hydrogen (secondary N) is 9. The van der Waals surface area contributed by atoms with Crippen molar-refractivity contribution >= 4 is 96.7 Å². The van der Waals surface area contributed by atoms with Gasteiger partial charge in [0.25, 0.3) is 5.91 Å². The normalized spacial score (nSPS) is 21.0. The molecule has 0 saturated carbocycles. The van der Waals surface area contributed by atoms with Crippen LogP contribution in [0.5, 0.6) is 11.5 Å². The molecule has 2 saturated heterocycles. The van der Waals surface area contributed by atoms with Crippen LogP contribution in [-0.2, 0) is 102 Å². The fourth-order valence-electron chi connectivity index (χ4n) is 14.6. The minimum atomic E-state index is -4.54. The van der Waals surface area contributed by atoms with Gasteiger partial charge in [-0.05, 0) is 113 Å². The second-order valence-corrected chi connectivity index (χ2v) is 34.6. The van der Waals surface area contributed by atoms with Gasteiger partial charge < -0.3 is 72.0 Å². The largest absolute Gasteiger partial charge is 0.487 e. The van der Waals surface area contributed by atoms with E-state index in [2.05, 4.69) is 63.2 Å². The summed E-state index contributed by atoms with van der Waals surface area (Å²) in [7, 11) is -1.36. The number of rotatable bonds is 19. The summed E-state index contributed by atoms with van der Waals surface area (Å²) < 4.78 is 44.5. The van der Waals surface area contributed by atoms with Gasteiger partial charge in [-0.3, -0.25) is 52.7 Å². The fourth-order valence-corrected chi connectivity index (χ4v) is 15.6. The zero-order valence-electron chi connectivity index (χ0n) is 68.0. The highest BCUT2D eigenvalue weighted by molar-refractivity contribution is 7.90. The third-order valence-electron chi connectivity index (χ3n) is 21.6. The number of hydrogen-bond donors (Lipinski definition) is 11. The highest BCUT2D eigenvalue weighted by Gasteiger charge is 2.49. The maximum absolute atomic E-state index is 15.5. The molecule has 8 aromatic rings. The quantitative estimate of drug-likeness (QED) is 0.0551. The molecule has 119 heavy (non-hydrogen) atoms. The molecule has 6 aromatic carbocycles. The summed E-state index contributed by atoms with van der Waals surface area (Å²) in [6, 6.07) is 24.2. The summed E-state index contributed by atoms with van der Waals surface area (Å²) in [5, 5.41) is 63.9. The lowest BCUT2D eigenvalue weighted by molar-refractivity contribution is -0.145. The first-order valence-electron chi connectivity index (χ1n) is 39.5. The number of aromatic nitrogens is 6. The Morgan fingerprint density at radius 1 is 0.538 bits per heavy atom. The van der Waals surface area contributed by atoms with Gasteiger partial charge in [-0.2, -0.15) is 0 Å². The Labute approximate surface area is 688 Å². The van der Waals surface area contributed by atoms with Gasteiger partial charge in [0, 0.05) is 58.0 Å². The lowest BCUT2D eigenvalue weighted by Crippen LogP contribution is -2.61. The first-order valence-corrected chi connectivity index (χ1v) is 41.1. The summed E-state index contributed by atoms with van der Waals surface area (Å²) in [5.74, 6) is -9.68. The van der Waals surface area contributed by atoms with Crippen molar-refractivity contribution in [3.63, 3.8) is 0 Å². The molecule has 12 bridgehead atoms.